The predicted molar refractivity (Wildman–Crippen MR) is 91.6 cm³/mol. The minimum Gasteiger partial charge on any atom is -0.352 e. The van der Waals surface area contributed by atoms with Gasteiger partial charge in [-0.2, -0.15) is 0 Å². The van der Waals surface area contributed by atoms with Crippen molar-refractivity contribution < 1.29 is 9.18 Å². The molecule has 1 N–H and O–H groups in total. The molecule has 5 rings (SSSR count). The molecule has 0 aliphatic heterocycles. The van der Waals surface area contributed by atoms with Gasteiger partial charge in [0.1, 0.15) is 5.82 Å². The second kappa shape index (κ2) is 5.58. The van der Waals surface area contributed by atoms with Gasteiger partial charge in [-0.3, -0.25) is 4.79 Å². The highest BCUT2D eigenvalue weighted by Crippen LogP contribution is 2.65. The fourth-order valence-electron chi connectivity index (χ4n) is 5.75. The molecule has 0 heterocycles. The van der Waals surface area contributed by atoms with Gasteiger partial charge in [0, 0.05) is 17.3 Å². The van der Waals surface area contributed by atoms with Gasteiger partial charge in [-0.25, -0.2) is 4.39 Å². The number of halogens is 2. The smallest absolute Gasteiger partial charge is 0.220 e. The molecule has 2 unspecified atom stereocenters. The molecular weight excluding hydrogens is 357 g/mol. The summed E-state index contributed by atoms with van der Waals surface area (Å²) in [6.45, 7) is 0.488. The number of amides is 1. The van der Waals surface area contributed by atoms with Crippen molar-refractivity contribution in [1.82, 2.24) is 5.32 Å². The van der Waals surface area contributed by atoms with E-state index >= 15 is 0 Å². The predicted octanol–water partition coefficient (Wildman–Crippen LogP) is 4.57. The lowest BCUT2D eigenvalue weighted by molar-refractivity contribution is -0.128. The number of carbonyl (C=O) groups is 1. The SMILES string of the molecule is O=C(CC12CC3CC(CC(Br)(C3)C1)C2)NCc1ccc(F)cc1. The van der Waals surface area contributed by atoms with E-state index in [9.17, 15) is 9.18 Å². The summed E-state index contributed by atoms with van der Waals surface area (Å²) in [5, 5.41) is 3.03. The third-order valence-corrected chi connectivity index (χ3v) is 6.98. The molecule has 4 aliphatic carbocycles. The van der Waals surface area contributed by atoms with Crippen molar-refractivity contribution >= 4 is 21.8 Å². The van der Waals surface area contributed by atoms with Crippen LogP contribution < -0.4 is 5.32 Å². The zero-order chi connectivity index (χ0) is 16.1. The second-order valence-corrected chi connectivity index (χ2v) is 9.87. The van der Waals surface area contributed by atoms with Crippen LogP contribution in [0.5, 0.6) is 0 Å². The van der Waals surface area contributed by atoms with Crippen LogP contribution in [-0.4, -0.2) is 10.2 Å². The van der Waals surface area contributed by atoms with E-state index in [1.807, 2.05) is 0 Å². The van der Waals surface area contributed by atoms with Crippen LogP contribution in [0.1, 0.15) is 50.5 Å². The summed E-state index contributed by atoms with van der Waals surface area (Å²) >= 11 is 4.00. The minimum atomic E-state index is -0.240. The average molecular weight is 380 g/mol. The molecule has 4 saturated carbocycles. The topological polar surface area (TPSA) is 29.1 Å². The molecular formula is C19H23BrFNO. The quantitative estimate of drug-likeness (QED) is 0.762. The fourth-order valence-corrected chi connectivity index (χ4v) is 7.26. The standard InChI is InChI=1S/C19H23BrFNO/c20-19-8-14-5-15(9-19)7-18(6-14,12-19)10-17(23)22-11-13-1-3-16(21)4-2-13/h1-4,14-15H,5-12H2,(H,22,23). The number of nitrogens with one attached hydrogen (secondary N) is 1. The Morgan fingerprint density at radius 1 is 1.17 bits per heavy atom. The largest absolute Gasteiger partial charge is 0.352 e. The van der Waals surface area contributed by atoms with E-state index in [-0.39, 0.29) is 17.1 Å². The second-order valence-electron chi connectivity index (χ2n) is 8.19. The van der Waals surface area contributed by atoms with E-state index in [2.05, 4.69) is 21.2 Å². The van der Waals surface area contributed by atoms with Crippen LogP contribution in [0.25, 0.3) is 0 Å². The first kappa shape index (κ1) is 15.6. The summed E-state index contributed by atoms with van der Waals surface area (Å²) in [6, 6.07) is 6.34. The number of hydrogen-bond acceptors (Lipinski definition) is 1. The first-order valence-electron chi connectivity index (χ1n) is 8.64. The molecule has 0 aromatic heterocycles. The Hall–Kier alpha value is -0.900. The van der Waals surface area contributed by atoms with Crippen molar-refractivity contribution in [2.75, 3.05) is 0 Å². The van der Waals surface area contributed by atoms with E-state index < -0.39 is 0 Å². The monoisotopic (exact) mass is 379 g/mol. The molecule has 1 aromatic rings. The molecule has 4 aliphatic rings. The van der Waals surface area contributed by atoms with E-state index in [0.29, 0.717) is 17.3 Å². The maximum absolute atomic E-state index is 12.9. The minimum absolute atomic E-state index is 0.146. The van der Waals surface area contributed by atoms with Crippen molar-refractivity contribution in [3.8, 4) is 0 Å². The van der Waals surface area contributed by atoms with Gasteiger partial charge in [0.15, 0.2) is 0 Å². The number of benzene rings is 1. The molecule has 0 spiro atoms. The van der Waals surface area contributed by atoms with E-state index in [4.69, 9.17) is 0 Å². The van der Waals surface area contributed by atoms with Gasteiger partial charge >= 0.3 is 0 Å². The van der Waals surface area contributed by atoms with Gasteiger partial charge in [0.05, 0.1) is 0 Å². The van der Waals surface area contributed by atoms with Crippen LogP contribution in [0.2, 0.25) is 0 Å². The zero-order valence-corrected chi connectivity index (χ0v) is 14.9. The maximum atomic E-state index is 12.9. The van der Waals surface area contributed by atoms with Crippen molar-refractivity contribution in [1.29, 1.82) is 0 Å². The van der Waals surface area contributed by atoms with Crippen LogP contribution >= 0.6 is 15.9 Å². The summed E-state index contributed by atoms with van der Waals surface area (Å²) < 4.78 is 13.2. The third-order valence-electron chi connectivity index (χ3n) is 6.05. The molecule has 124 valence electrons. The van der Waals surface area contributed by atoms with Gasteiger partial charge in [-0.05, 0) is 73.5 Å². The Morgan fingerprint density at radius 2 is 1.83 bits per heavy atom. The number of rotatable bonds is 4. The first-order chi connectivity index (χ1) is 10.9. The zero-order valence-electron chi connectivity index (χ0n) is 13.3. The van der Waals surface area contributed by atoms with Crippen LogP contribution in [0.4, 0.5) is 4.39 Å². The molecule has 1 aromatic carbocycles. The summed E-state index contributed by atoms with van der Waals surface area (Å²) in [5.74, 6) is 1.52. The molecule has 4 fully saturated rings. The van der Waals surface area contributed by atoms with Gasteiger partial charge in [0.2, 0.25) is 5.91 Å². The van der Waals surface area contributed by atoms with Crippen molar-refractivity contribution in [2.24, 2.45) is 17.3 Å². The summed E-state index contributed by atoms with van der Waals surface area (Å²) in [4.78, 5) is 12.5. The number of carbonyl (C=O) groups excluding carboxylic acids is 1. The lowest BCUT2D eigenvalue weighted by Crippen LogP contribution is -2.54. The van der Waals surface area contributed by atoms with Gasteiger partial charge in [-0.15, -0.1) is 0 Å². The molecule has 4 bridgehead atoms. The Kier molecular flexibility index (Phi) is 3.79. The molecule has 2 atom stereocenters. The van der Waals surface area contributed by atoms with Crippen LogP contribution in [0, 0.1) is 23.1 Å². The highest BCUT2D eigenvalue weighted by Gasteiger charge is 2.57. The Labute approximate surface area is 145 Å². The van der Waals surface area contributed by atoms with Crippen LogP contribution in [0.3, 0.4) is 0 Å². The normalized spacial score (nSPS) is 37.8. The Morgan fingerprint density at radius 3 is 2.43 bits per heavy atom. The first-order valence-corrected chi connectivity index (χ1v) is 9.43. The van der Waals surface area contributed by atoms with Crippen molar-refractivity contribution in [3.05, 3.63) is 35.6 Å². The van der Waals surface area contributed by atoms with Crippen molar-refractivity contribution in [2.45, 2.75) is 55.8 Å². The molecule has 23 heavy (non-hydrogen) atoms. The van der Waals surface area contributed by atoms with Gasteiger partial charge < -0.3 is 5.32 Å². The third kappa shape index (κ3) is 3.19. The summed E-state index contributed by atoms with van der Waals surface area (Å²) in [6.07, 6.45) is 8.20. The van der Waals surface area contributed by atoms with Gasteiger partial charge in [0.25, 0.3) is 0 Å². The van der Waals surface area contributed by atoms with E-state index in [1.54, 1.807) is 12.1 Å². The number of hydrogen-bond donors (Lipinski definition) is 1. The lowest BCUT2D eigenvalue weighted by atomic mass is 9.48. The van der Waals surface area contributed by atoms with Crippen LogP contribution in [-0.2, 0) is 11.3 Å². The summed E-state index contributed by atoms with van der Waals surface area (Å²) in [7, 11) is 0. The van der Waals surface area contributed by atoms with Crippen molar-refractivity contribution in [3.63, 3.8) is 0 Å². The fraction of sp³-hybridized carbons (Fsp3) is 0.632. The van der Waals surface area contributed by atoms with Gasteiger partial charge in [-0.1, -0.05) is 28.1 Å². The molecule has 2 nitrogen and oxygen atoms in total. The lowest BCUT2D eigenvalue weighted by Gasteiger charge is -2.60. The maximum Gasteiger partial charge on any atom is 0.220 e. The Balaban J connectivity index is 1.38. The molecule has 0 radical (unpaired) electrons. The number of alkyl halides is 1. The van der Waals surface area contributed by atoms with Crippen LogP contribution in [0.15, 0.2) is 24.3 Å². The Bertz CT molecular complexity index is 600. The molecule has 0 saturated heterocycles. The highest BCUT2D eigenvalue weighted by atomic mass is 79.9. The van der Waals surface area contributed by atoms with E-state index in [1.165, 1.54) is 44.2 Å². The average Bonchev–Trinajstić information content (AvgIpc) is 2.43. The molecule has 4 heteroatoms. The van der Waals surface area contributed by atoms with E-state index in [0.717, 1.165) is 23.8 Å². The highest BCUT2D eigenvalue weighted by molar-refractivity contribution is 9.10. The summed E-state index contributed by atoms with van der Waals surface area (Å²) in [5.41, 5.74) is 1.16. The molecule has 1 amide bonds.